The van der Waals surface area contributed by atoms with Gasteiger partial charge in [0.25, 0.3) is 0 Å². The minimum absolute atomic E-state index is 0.182. The van der Waals surface area contributed by atoms with Crippen LogP contribution in [0.25, 0.3) is 31.8 Å². The largest absolute Gasteiger partial charge is 0.872 e. The molecular formula is C16H8NO3S-. The predicted octanol–water partition coefficient (Wildman–Crippen LogP) is 3.14. The maximum atomic E-state index is 12.1. The van der Waals surface area contributed by atoms with Gasteiger partial charge in [0.15, 0.2) is 0 Å². The Morgan fingerprint density at radius 2 is 1.95 bits per heavy atom. The van der Waals surface area contributed by atoms with Crippen LogP contribution in [0.1, 0.15) is 0 Å². The molecule has 2 aromatic heterocycles. The van der Waals surface area contributed by atoms with E-state index in [9.17, 15) is 9.90 Å². The number of hydrogen-bond donors (Lipinski definition) is 0. The van der Waals surface area contributed by atoms with Gasteiger partial charge in [-0.1, -0.05) is 24.3 Å². The Morgan fingerprint density at radius 1 is 1.10 bits per heavy atom. The van der Waals surface area contributed by atoms with E-state index in [2.05, 4.69) is 4.98 Å². The van der Waals surface area contributed by atoms with Crippen LogP contribution in [0.3, 0.4) is 0 Å². The zero-order valence-electron chi connectivity index (χ0n) is 10.7. The van der Waals surface area contributed by atoms with Crippen LogP contribution in [0.2, 0.25) is 0 Å². The molecule has 0 saturated heterocycles. The van der Waals surface area contributed by atoms with Crippen LogP contribution in [0.5, 0.6) is 5.75 Å². The van der Waals surface area contributed by atoms with Gasteiger partial charge in [-0.25, -0.2) is 9.78 Å². The standard InChI is InChI=1S/C16H9NO3S/c18-10-6-5-9-7-11(16(19)20-13(9)8-10)15-17-12-3-1-2-4-14(12)21-15/h1-8,18H/p-1. The van der Waals surface area contributed by atoms with E-state index in [0.29, 0.717) is 21.5 Å². The highest BCUT2D eigenvalue weighted by Crippen LogP contribution is 2.30. The van der Waals surface area contributed by atoms with Crippen molar-refractivity contribution in [3.63, 3.8) is 0 Å². The zero-order valence-corrected chi connectivity index (χ0v) is 11.5. The fourth-order valence-corrected chi connectivity index (χ4v) is 3.20. The Kier molecular flexibility index (Phi) is 2.55. The second-order valence-electron chi connectivity index (χ2n) is 4.63. The quantitative estimate of drug-likeness (QED) is 0.506. The summed E-state index contributed by atoms with van der Waals surface area (Å²) in [4.78, 5) is 16.6. The zero-order chi connectivity index (χ0) is 14.4. The SMILES string of the molecule is O=c1oc2cc([O-])ccc2cc1-c1nc2ccccc2s1. The first-order valence-corrected chi connectivity index (χ1v) is 7.13. The molecule has 4 aromatic rings. The molecule has 4 nitrogen and oxygen atoms in total. The minimum atomic E-state index is -0.479. The van der Waals surface area contributed by atoms with Crippen molar-refractivity contribution in [3.8, 4) is 16.3 Å². The molecule has 21 heavy (non-hydrogen) atoms. The third-order valence-corrected chi connectivity index (χ3v) is 4.30. The Balaban J connectivity index is 1.99. The molecule has 2 heterocycles. The first-order chi connectivity index (χ1) is 10.2. The first kappa shape index (κ1) is 12.1. The minimum Gasteiger partial charge on any atom is -0.872 e. The molecule has 0 bridgehead atoms. The first-order valence-electron chi connectivity index (χ1n) is 6.31. The summed E-state index contributed by atoms with van der Waals surface area (Å²) < 4.78 is 6.25. The van der Waals surface area contributed by atoms with Gasteiger partial charge < -0.3 is 9.52 Å². The van der Waals surface area contributed by atoms with Gasteiger partial charge >= 0.3 is 5.63 Å². The van der Waals surface area contributed by atoms with E-state index in [4.69, 9.17) is 4.42 Å². The number of rotatable bonds is 1. The van der Waals surface area contributed by atoms with E-state index in [-0.39, 0.29) is 5.75 Å². The number of fused-ring (bicyclic) bond motifs is 2. The van der Waals surface area contributed by atoms with Gasteiger partial charge in [-0.3, -0.25) is 0 Å². The molecular weight excluding hydrogens is 286 g/mol. The Morgan fingerprint density at radius 3 is 2.81 bits per heavy atom. The second-order valence-corrected chi connectivity index (χ2v) is 5.66. The van der Waals surface area contributed by atoms with E-state index in [1.54, 1.807) is 12.1 Å². The number of benzene rings is 2. The third kappa shape index (κ3) is 1.98. The molecule has 0 aliphatic heterocycles. The van der Waals surface area contributed by atoms with E-state index in [1.165, 1.54) is 23.5 Å². The fraction of sp³-hybridized carbons (Fsp3) is 0. The van der Waals surface area contributed by atoms with Gasteiger partial charge in [0.05, 0.1) is 15.8 Å². The Labute approximate surface area is 122 Å². The van der Waals surface area contributed by atoms with Crippen LogP contribution in [-0.2, 0) is 0 Å². The molecule has 0 unspecified atom stereocenters. The highest BCUT2D eigenvalue weighted by molar-refractivity contribution is 7.21. The lowest BCUT2D eigenvalue weighted by Gasteiger charge is -2.05. The summed E-state index contributed by atoms with van der Waals surface area (Å²) in [5, 5.41) is 12.6. The van der Waals surface area contributed by atoms with Crippen LogP contribution < -0.4 is 10.7 Å². The molecule has 0 atom stereocenters. The van der Waals surface area contributed by atoms with E-state index in [0.717, 1.165) is 10.2 Å². The number of thiazole rings is 1. The fourth-order valence-electron chi connectivity index (χ4n) is 2.23. The van der Waals surface area contributed by atoms with Crippen molar-refractivity contribution in [2.45, 2.75) is 0 Å². The Hall–Kier alpha value is -2.66. The summed E-state index contributed by atoms with van der Waals surface area (Å²) >= 11 is 1.44. The van der Waals surface area contributed by atoms with Crippen LogP contribution in [0.4, 0.5) is 0 Å². The number of aromatic nitrogens is 1. The van der Waals surface area contributed by atoms with Crippen LogP contribution >= 0.6 is 11.3 Å². The molecule has 102 valence electrons. The summed E-state index contributed by atoms with van der Waals surface area (Å²) in [6, 6.07) is 13.8. The van der Waals surface area contributed by atoms with Gasteiger partial charge in [-0.15, -0.1) is 17.1 Å². The lowest BCUT2D eigenvalue weighted by molar-refractivity contribution is -0.268. The summed E-state index contributed by atoms with van der Waals surface area (Å²) in [5.41, 5.74) is 1.10. The van der Waals surface area contributed by atoms with Gasteiger partial charge in [0.2, 0.25) is 0 Å². The van der Waals surface area contributed by atoms with Gasteiger partial charge in [-0.05, 0) is 24.3 Å². The van der Waals surface area contributed by atoms with E-state index < -0.39 is 5.63 Å². The molecule has 0 aliphatic carbocycles. The number of hydrogen-bond acceptors (Lipinski definition) is 5. The van der Waals surface area contributed by atoms with Gasteiger partial charge in [0.1, 0.15) is 10.6 Å². The van der Waals surface area contributed by atoms with Crippen molar-refractivity contribution in [1.29, 1.82) is 0 Å². The predicted molar refractivity (Wildman–Crippen MR) is 80.5 cm³/mol. The smallest absolute Gasteiger partial charge is 0.346 e. The van der Waals surface area contributed by atoms with Crippen molar-refractivity contribution < 1.29 is 9.52 Å². The summed E-state index contributed by atoms with van der Waals surface area (Å²) in [5.74, 6) is -0.182. The highest BCUT2D eigenvalue weighted by atomic mass is 32.1. The summed E-state index contributed by atoms with van der Waals surface area (Å²) in [7, 11) is 0. The topological polar surface area (TPSA) is 66.2 Å². The second kappa shape index (κ2) is 4.43. The molecule has 4 rings (SSSR count). The summed E-state index contributed by atoms with van der Waals surface area (Å²) in [6.45, 7) is 0. The van der Waals surface area contributed by atoms with Crippen molar-refractivity contribution in [1.82, 2.24) is 4.98 Å². The molecule has 0 fully saturated rings. The third-order valence-electron chi connectivity index (χ3n) is 3.23. The number of para-hydroxylation sites is 1. The van der Waals surface area contributed by atoms with Crippen LogP contribution in [0, 0.1) is 0 Å². The van der Waals surface area contributed by atoms with Crippen LogP contribution in [-0.4, -0.2) is 4.98 Å². The van der Waals surface area contributed by atoms with Crippen molar-refractivity contribution in [2.75, 3.05) is 0 Å². The lowest BCUT2D eigenvalue weighted by Crippen LogP contribution is -2.02. The summed E-state index contributed by atoms with van der Waals surface area (Å²) in [6.07, 6.45) is 0. The Bertz CT molecular complexity index is 999. The van der Waals surface area contributed by atoms with Crippen molar-refractivity contribution in [2.24, 2.45) is 0 Å². The van der Waals surface area contributed by atoms with Crippen molar-refractivity contribution in [3.05, 3.63) is 59.0 Å². The highest BCUT2D eigenvalue weighted by Gasteiger charge is 2.12. The van der Waals surface area contributed by atoms with Gasteiger partial charge in [0, 0.05) is 5.39 Å². The lowest BCUT2D eigenvalue weighted by atomic mass is 10.2. The maximum absolute atomic E-state index is 12.1. The molecule has 5 heteroatoms. The van der Waals surface area contributed by atoms with E-state index in [1.807, 2.05) is 24.3 Å². The van der Waals surface area contributed by atoms with Crippen molar-refractivity contribution >= 4 is 32.5 Å². The number of nitrogens with zero attached hydrogens (tertiary/aromatic N) is 1. The molecule has 0 amide bonds. The molecule has 0 radical (unpaired) electrons. The monoisotopic (exact) mass is 294 g/mol. The molecule has 0 spiro atoms. The molecule has 0 saturated carbocycles. The molecule has 0 aliphatic rings. The molecule has 2 aromatic carbocycles. The van der Waals surface area contributed by atoms with E-state index >= 15 is 0 Å². The van der Waals surface area contributed by atoms with Gasteiger partial charge in [-0.2, -0.15) is 0 Å². The molecule has 0 N–H and O–H groups in total. The average Bonchev–Trinajstić information content (AvgIpc) is 2.90. The van der Waals surface area contributed by atoms with Crippen LogP contribution in [0.15, 0.2) is 57.7 Å². The normalized spacial score (nSPS) is 11.2. The maximum Gasteiger partial charge on any atom is 0.346 e. The average molecular weight is 294 g/mol.